The van der Waals surface area contributed by atoms with Crippen LogP contribution in [-0.4, -0.2) is 57.9 Å². The monoisotopic (exact) mass is 726 g/mol. The van der Waals surface area contributed by atoms with Gasteiger partial charge in [0.25, 0.3) is 0 Å². The van der Waals surface area contributed by atoms with Crippen molar-refractivity contribution in [1.82, 2.24) is 39.9 Å². The molecule has 1 aliphatic carbocycles. The number of aromatic nitrogens is 8. The minimum absolute atomic E-state index is 0.0379. The van der Waals surface area contributed by atoms with Crippen LogP contribution in [0.15, 0.2) is 98.4 Å². The molecular weight excluding hydrogens is 699 g/mol. The minimum Gasteiger partial charge on any atom is -0.309 e. The Balaban J connectivity index is 0.000000181. The van der Waals surface area contributed by atoms with E-state index >= 15 is 0 Å². The lowest BCUT2D eigenvalue weighted by Gasteiger charge is -2.23. The average Bonchev–Trinajstić information content (AvgIpc) is 3.12. The lowest BCUT2D eigenvalue weighted by Crippen LogP contribution is -2.28. The van der Waals surface area contributed by atoms with Crippen molar-refractivity contribution >= 4 is 23.5 Å². The summed E-state index contributed by atoms with van der Waals surface area (Å²) >= 11 is 0. The molecule has 12 nitrogen and oxygen atoms in total. The fourth-order valence-electron chi connectivity index (χ4n) is 5.10. The Hall–Kier alpha value is -6.65. The Bertz CT molecular complexity index is 2220. The topological polar surface area (TPSA) is 161 Å². The van der Waals surface area contributed by atoms with E-state index in [9.17, 15) is 31.5 Å². The molecule has 0 atom stereocenters. The van der Waals surface area contributed by atoms with Gasteiger partial charge in [0.05, 0.1) is 36.2 Å². The number of alkyl halides is 3. The molecule has 2 N–H and O–H groups in total. The molecule has 0 aromatic carbocycles. The van der Waals surface area contributed by atoms with Gasteiger partial charge in [-0.1, -0.05) is 6.42 Å². The van der Waals surface area contributed by atoms with Crippen molar-refractivity contribution in [2.24, 2.45) is 5.92 Å². The molecule has 268 valence electrons. The first-order valence-electron chi connectivity index (χ1n) is 16.0. The highest BCUT2D eigenvalue weighted by atomic mass is 19.4. The molecule has 17 heteroatoms. The smallest absolute Gasteiger partial charge is 0.309 e. The van der Waals surface area contributed by atoms with Gasteiger partial charge in [0, 0.05) is 65.4 Å². The maximum Gasteiger partial charge on any atom is 0.397 e. The van der Waals surface area contributed by atoms with E-state index in [4.69, 9.17) is 0 Å². The van der Waals surface area contributed by atoms with Gasteiger partial charge in [-0.25, -0.2) is 28.7 Å². The van der Waals surface area contributed by atoms with Gasteiger partial charge in [0.15, 0.2) is 23.3 Å². The van der Waals surface area contributed by atoms with Crippen molar-refractivity contribution in [2.45, 2.75) is 31.9 Å². The Kier molecular flexibility index (Phi) is 11.0. The van der Waals surface area contributed by atoms with Crippen LogP contribution in [0.3, 0.4) is 0 Å². The van der Waals surface area contributed by atoms with Crippen LogP contribution in [0.5, 0.6) is 0 Å². The number of hydrogen-bond donors (Lipinski definition) is 2. The van der Waals surface area contributed by atoms with E-state index in [1.54, 1.807) is 36.7 Å². The second-order valence-electron chi connectivity index (χ2n) is 11.6. The van der Waals surface area contributed by atoms with Gasteiger partial charge in [-0.05, 0) is 49.2 Å². The van der Waals surface area contributed by atoms with Crippen molar-refractivity contribution in [1.29, 1.82) is 0 Å². The highest BCUT2D eigenvalue weighted by Gasteiger charge is 2.31. The minimum atomic E-state index is -4.65. The second kappa shape index (κ2) is 16.1. The predicted molar refractivity (Wildman–Crippen MR) is 182 cm³/mol. The largest absolute Gasteiger partial charge is 0.397 e. The molecular formula is C36H27F5N10O2. The van der Waals surface area contributed by atoms with Crippen LogP contribution in [0, 0.1) is 17.6 Å². The standard InChI is InChI=1S/C19H16FN5O.C17H11F4N5O/c20-15-10-22-8-6-14(15)18-17(13-5-2-7-21-9-13)24-16(11-23-18)25-19(26)12-3-1-4-12;18-12-8-23-5-3-11(12)16-15(10-2-1-4-22-7-10)26-13(9-24-16)25-14(27)6-17(19,20)21/h2,5-12H,1,3-4H2,(H,24,25,26);1-5,7-9H,6H2,(H,25,26,27). The van der Waals surface area contributed by atoms with Gasteiger partial charge in [0.2, 0.25) is 11.8 Å². The molecule has 0 bridgehead atoms. The third kappa shape index (κ3) is 9.18. The van der Waals surface area contributed by atoms with Crippen LogP contribution in [0.4, 0.5) is 33.6 Å². The molecule has 2 amide bonds. The molecule has 1 saturated carbocycles. The molecule has 53 heavy (non-hydrogen) atoms. The van der Waals surface area contributed by atoms with E-state index in [0.29, 0.717) is 33.9 Å². The van der Waals surface area contributed by atoms with Crippen molar-refractivity contribution in [3.05, 3.63) is 110 Å². The lowest BCUT2D eigenvalue weighted by molar-refractivity contribution is -0.150. The van der Waals surface area contributed by atoms with Gasteiger partial charge < -0.3 is 10.6 Å². The van der Waals surface area contributed by atoms with Crippen LogP contribution in [-0.2, 0) is 9.59 Å². The molecule has 0 aliphatic heterocycles. The molecule has 1 aliphatic rings. The fraction of sp³-hybridized carbons (Fsp3) is 0.167. The van der Waals surface area contributed by atoms with E-state index in [-0.39, 0.29) is 34.6 Å². The van der Waals surface area contributed by atoms with Gasteiger partial charge in [0.1, 0.15) is 17.8 Å². The number of amides is 2. The van der Waals surface area contributed by atoms with E-state index < -0.39 is 30.1 Å². The Morgan fingerprint density at radius 1 is 0.642 bits per heavy atom. The average molecular weight is 727 g/mol. The Morgan fingerprint density at radius 3 is 1.55 bits per heavy atom. The van der Waals surface area contributed by atoms with Crippen LogP contribution < -0.4 is 10.6 Å². The zero-order chi connectivity index (χ0) is 37.4. The summed E-state index contributed by atoms with van der Waals surface area (Å²) in [6.07, 6.45) is 10.3. The SMILES string of the molecule is O=C(CC(F)(F)F)Nc1cnc(-c2ccncc2F)c(-c2cccnc2)n1.O=C(Nc1cnc(-c2ccncc2F)c(-c2cccnc2)n1)C1CCC1. The van der Waals surface area contributed by atoms with Crippen molar-refractivity contribution < 1.29 is 31.5 Å². The quantitative estimate of drug-likeness (QED) is 0.155. The summed E-state index contributed by atoms with van der Waals surface area (Å²) in [5.74, 6) is -2.28. The van der Waals surface area contributed by atoms with E-state index in [1.807, 2.05) is 11.4 Å². The number of hydrogen-bond acceptors (Lipinski definition) is 10. The van der Waals surface area contributed by atoms with Crippen molar-refractivity contribution in [3.63, 3.8) is 0 Å². The zero-order valence-electron chi connectivity index (χ0n) is 27.4. The number of rotatable bonds is 8. The van der Waals surface area contributed by atoms with Crippen LogP contribution in [0.2, 0.25) is 0 Å². The molecule has 1 fully saturated rings. The number of nitrogens with one attached hydrogen (secondary N) is 2. The normalized spacial score (nSPS) is 12.5. The van der Waals surface area contributed by atoms with Gasteiger partial charge >= 0.3 is 6.18 Å². The highest BCUT2D eigenvalue weighted by molar-refractivity contribution is 5.93. The van der Waals surface area contributed by atoms with E-state index in [1.165, 1.54) is 37.1 Å². The molecule has 6 aromatic heterocycles. The molecule has 0 unspecified atom stereocenters. The predicted octanol–water partition coefficient (Wildman–Crippen LogP) is 7.11. The Morgan fingerprint density at radius 2 is 1.13 bits per heavy atom. The first-order valence-corrected chi connectivity index (χ1v) is 16.0. The first kappa shape index (κ1) is 36.2. The zero-order valence-corrected chi connectivity index (χ0v) is 27.4. The summed E-state index contributed by atoms with van der Waals surface area (Å²) in [7, 11) is 0. The summed E-state index contributed by atoms with van der Waals surface area (Å²) < 4.78 is 65.3. The molecule has 6 aromatic rings. The number of halogens is 5. The van der Waals surface area contributed by atoms with Gasteiger partial charge in [-0.3, -0.25) is 29.5 Å². The Labute approximate surface area is 298 Å². The summed E-state index contributed by atoms with van der Waals surface area (Å²) in [6, 6.07) is 9.76. The van der Waals surface area contributed by atoms with Crippen LogP contribution >= 0.6 is 0 Å². The van der Waals surface area contributed by atoms with E-state index in [2.05, 4.69) is 45.2 Å². The number of nitrogens with zero attached hydrogens (tertiary/aromatic N) is 8. The molecule has 0 radical (unpaired) electrons. The number of anilines is 2. The number of carbonyl (C=O) groups excluding carboxylic acids is 2. The maximum absolute atomic E-state index is 14.2. The summed E-state index contributed by atoms with van der Waals surface area (Å²) in [5.41, 5.74) is 2.64. The van der Waals surface area contributed by atoms with Gasteiger partial charge in [-0.15, -0.1) is 0 Å². The third-order valence-electron chi connectivity index (χ3n) is 7.83. The maximum atomic E-state index is 14.2. The van der Waals surface area contributed by atoms with Crippen LogP contribution in [0.1, 0.15) is 25.7 Å². The molecule has 6 heterocycles. The highest BCUT2D eigenvalue weighted by Crippen LogP contribution is 2.33. The molecule has 0 saturated heterocycles. The van der Waals surface area contributed by atoms with Crippen molar-refractivity contribution in [2.75, 3.05) is 10.6 Å². The lowest BCUT2D eigenvalue weighted by atomic mass is 9.85. The summed E-state index contributed by atoms with van der Waals surface area (Å²) in [5, 5.41) is 4.85. The number of pyridine rings is 4. The van der Waals surface area contributed by atoms with Crippen LogP contribution in [0.25, 0.3) is 45.0 Å². The summed E-state index contributed by atoms with van der Waals surface area (Å²) in [4.78, 5) is 56.3. The third-order valence-corrected chi connectivity index (χ3v) is 7.83. The number of carbonyl (C=O) groups is 2. The second-order valence-corrected chi connectivity index (χ2v) is 11.6. The summed E-state index contributed by atoms with van der Waals surface area (Å²) in [6.45, 7) is 0. The fourth-order valence-corrected chi connectivity index (χ4v) is 5.10. The van der Waals surface area contributed by atoms with Gasteiger partial charge in [-0.2, -0.15) is 13.2 Å². The first-order chi connectivity index (χ1) is 25.6. The van der Waals surface area contributed by atoms with E-state index in [0.717, 1.165) is 37.9 Å². The van der Waals surface area contributed by atoms with Crippen molar-refractivity contribution in [3.8, 4) is 45.0 Å². The molecule has 0 spiro atoms. The molecule has 7 rings (SSSR count).